The van der Waals surface area contributed by atoms with Gasteiger partial charge in [0.2, 0.25) is 0 Å². The summed E-state index contributed by atoms with van der Waals surface area (Å²) in [6, 6.07) is 1.78. The van der Waals surface area contributed by atoms with Crippen molar-refractivity contribution in [2.75, 3.05) is 18.6 Å². The minimum absolute atomic E-state index is 0.000602. The van der Waals surface area contributed by atoms with Crippen molar-refractivity contribution < 1.29 is 4.79 Å². The molecule has 1 aromatic rings. The summed E-state index contributed by atoms with van der Waals surface area (Å²) in [6.45, 7) is 0.722. The maximum atomic E-state index is 11.4. The van der Waals surface area contributed by atoms with E-state index in [2.05, 4.69) is 17.9 Å². The third-order valence-electron chi connectivity index (χ3n) is 1.40. The topological polar surface area (TPSA) is 29.1 Å². The molecule has 1 aromatic heterocycles. The van der Waals surface area contributed by atoms with Crippen LogP contribution < -0.4 is 5.32 Å². The highest BCUT2D eigenvalue weighted by atomic mass is 32.2. The summed E-state index contributed by atoms with van der Waals surface area (Å²) in [4.78, 5) is 13.0. The number of amides is 1. The van der Waals surface area contributed by atoms with E-state index in [1.807, 2.05) is 11.6 Å². The SMILES string of the molecule is CSCCNC(=O)c1cc(S)cs1. The van der Waals surface area contributed by atoms with Crippen LogP contribution in [0.15, 0.2) is 16.3 Å². The summed E-state index contributed by atoms with van der Waals surface area (Å²) in [5.41, 5.74) is 0. The van der Waals surface area contributed by atoms with Gasteiger partial charge in [0, 0.05) is 22.6 Å². The maximum absolute atomic E-state index is 11.4. The fourth-order valence-corrected chi connectivity index (χ4v) is 2.17. The number of nitrogens with one attached hydrogen (secondary N) is 1. The lowest BCUT2D eigenvalue weighted by Crippen LogP contribution is -2.24. The average Bonchev–Trinajstić information content (AvgIpc) is 2.52. The number of hydrogen-bond donors (Lipinski definition) is 2. The van der Waals surface area contributed by atoms with Gasteiger partial charge in [-0.2, -0.15) is 11.8 Å². The number of carbonyl (C=O) groups is 1. The zero-order valence-corrected chi connectivity index (χ0v) is 9.77. The molecule has 0 bridgehead atoms. The van der Waals surface area contributed by atoms with Gasteiger partial charge in [-0.05, 0) is 12.3 Å². The molecule has 1 heterocycles. The Hall–Kier alpha value is -0.130. The quantitative estimate of drug-likeness (QED) is 0.616. The van der Waals surface area contributed by atoms with Gasteiger partial charge in [-0.15, -0.1) is 24.0 Å². The number of thioether (sulfide) groups is 1. The summed E-state index contributed by atoms with van der Waals surface area (Å²) in [6.07, 6.45) is 2.02. The molecular weight excluding hydrogens is 222 g/mol. The van der Waals surface area contributed by atoms with E-state index in [9.17, 15) is 4.79 Å². The van der Waals surface area contributed by atoms with Gasteiger partial charge in [0.05, 0.1) is 4.88 Å². The van der Waals surface area contributed by atoms with Gasteiger partial charge in [-0.1, -0.05) is 0 Å². The molecule has 0 aliphatic heterocycles. The Morgan fingerprint density at radius 1 is 1.77 bits per heavy atom. The van der Waals surface area contributed by atoms with Crippen molar-refractivity contribution >= 4 is 41.6 Å². The van der Waals surface area contributed by atoms with Gasteiger partial charge in [0.25, 0.3) is 5.91 Å². The molecule has 0 saturated heterocycles. The van der Waals surface area contributed by atoms with E-state index >= 15 is 0 Å². The Morgan fingerprint density at radius 3 is 3.08 bits per heavy atom. The lowest BCUT2D eigenvalue weighted by molar-refractivity contribution is 0.0960. The van der Waals surface area contributed by atoms with Crippen molar-refractivity contribution in [3.8, 4) is 0 Å². The first kappa shape index (κ1) is 10.9. The van der Waals surface area contributed by atoms with Crippen LogP contribution in [-0.2, 0) is 0 Å². The Labute approximate surface area is 91.5 Å². The van der Waals surface area contributed by atoms with E-state index in [0.29, 0.717) is 0 Å². The van der Waals surface area contributed by atoms with Crippen LogP contribution in [0.1, 0.15) is 9.67 Å². The Morgan fingerprint density at radius 2 is 2.54 bits per heavy atom. The predicted octanol–water partition coefficient (Wildman–Crippen LogP) is 2.13. The Balaban J connectivity index is 2.40. The molecule has 0 unspecified atom stereocenters. The summed E-state index contributed by atoms with van der Waals surface area (Å²) in [5, 5.41) is 4.68. The highest BCUT2D eigenvalue weighted by Crippen LogP contribution is 2.17. The predicted molar refractivity (Wildman–Crippen MR) is 62.3 cm³/mol. The zero-order chi connectivity index (χ0) is 9.68. The van der Waals surface area contributed by atoms with Gasteiger partial charge < -0.3 is 5.32 Å². The van der Waals surface area contributed by atoms with Crippen molar-refractivity contribution in [3.63, 3.8) is 0 Å². The van der Waals surface area contributed by atoms with Crippen molar-refractivity contribution in [1.29, 1.82) is 0 Å². The molecule has 2 nitrogen and oxygen atoms in total. The maximum Gasteiger partial charge on any atom is 0.261 e. The van der Waals surface area contributed by atoms with Gasteiger partial charge >= 0.3 is 0 Å². The van der Waals surface area contributed by atoms with Gasteiger partial charge in [-0.25, -0.2) is 0 Å². The van der Waals surface area contributed by atoms with E-state index in [0.717, 1.165) is 22.1 Å². The summed E-state index contributed by atoms with van der Waals surface area (Å²) < 4.78 is 0. The molecule has 72 valence electrons. The largest absolute Gasteiger partial charge is 0.351 e. The third-order valence-corrected chi connectivity index (χ3v) is 3.38. The molecule has 0 saturated carbocycles. The highest BCUT2D eigenvalue weighted by Gasteiger charge is 2.06. The molecule has 5 heteroatoms. The molecule has 1 amide bonds. The second-order valence-electron chi connectivity index (χ2n) is 2.42. The normalized spacial score (nSPS) is 10.0. The molecule has 0 aliphatic carbocycles. The number of hydrogen-bond acceptors (Lipinski definition) is 4. The lowest BCUT2D eigenvalue weighted by Gasteiger charge is -2.00. The Bertz CT molecular complexity index is 285. The summed E-state index contributed by atoms with van der Waals surface area (Å²) >= 11 is 7.27. The van der Waals surface area contributed by atoms with Crippen LogP contribution >= 0.6 is 35.7 Å². The summed E-state index contributed by atoms with van der Waals surface area (Å²) in [5.74, 6) is 0.949. The van der Waals surface area contributed by atoms with Crippen molar-refractivity contribution in [3.05, 3.63) is 16.3 Å². The van der Waals surface area contributed by atoms with Crippen LogP contribution in [0.4, 0.5) is 0 Å². The first-order valence-corrected chi connectivity index (χ1v) is 6.50. The van der Waals surface area contributed by atoms with E-state index in [4.69, 9.17) is 0 Å². The first-order chi connectivity index (χ1) is 6.24. The number of thiophene rings is 1. The molecule has 0 atom stereocenters. The first-order valence-electron chi connectivity index (χ1n) is 3.78. The van der Waals surface area contributed by atoms with Crippen LogP contribution in [0.5, 0.6) is 0 Å². The fourth-order valence-electron chi connectivity index (χ4n) is 0.799. The van der Waals surface area contributed by atoms with Crippen molar-refractivity contribution in [1.82, 2.24) is 5.32 Å². The number of thiol groups is 1. The van der Waals surface area contributed by atoms with E-state index < -0.39 is 0 Å². The standard InChI is InChI=1S/C8H11NOS3/c1-12-3-2-9-8(10)7-4-6(11)5-13-7/h4-5,11H,2-3H2,1H3,(H,9,10). The van der Waals surface area contributed by atoms with Crippen molar-refractivity contribution in [2.24, 2.45) is 0 Å². The molecule has 0 aliphatic rings. The second kappa shape index (κ2) is 5.57. The minimum Gasteiger partial charge on any atom is -0.351 e. The average molecular weight is 233 g/mol. The van der Waals surface area contributed by atoms with Crippen LogP contribution in [0.25, 0.3) is 0 Å². The molecular formula is C8H11NOS3. The highest BCUT2D eigenvalue weighted by molar-refractivity contribution is 7.98. The monoisotopic (exact) mass is 233 g/mol. The Kier molecular flexibility index (Phi) is 4.69. The molecule has 13 heavy (non-hydrogen) atoms. The van der Waals surface area contributed by atoms with Crippen LogP contribution in [0, 0.1) is 0 Å². The van der Waals surface area contributed by atoms with Crippen LogP contribution in [-0.4, -0.2) is 24.5 Å². The second-order valence-corrected chi connectivity index (χ2v) is 4.83. The molecule has 0 radical (unpaired) electrons. The minimum atomic E-state index is -0.000602. The molecule has 0 aromatic carbocycles. The van der Waals surface area contributed by atoms with E-state index in [1.165, 1.54) is 11.3 Å². The molecule has 0 fully saturated rings. The molecule has 1 N–H and O–H groups in total. The van der Waals surface area contributed by atoms with Crippen LogP contribution in [0.2, 0.25) is 0 Å². The summed E-state index contributed by atoms with van der Waals surface area (Å²) in [7, 11) is 0. The number of carbonyl (C=O) groups excluding carboxylic acids is 1. The van der Waals surface area contributed by atoms with Crippen molar-refractivity contribution in [2.45, 2.75) is 4.90 Å². The van der Waals surface area contributed by atoms with Crippen LogP contribution in [0.3, 0.4) is 0 Å². The van der Waals surface area contributed by atoms with Gasteiger partial charge in [0.1, 0.15) is 0 Å². The zero-order valence-electron chi connectivity index (χ0n) is 7.24. The van der Waals surface area contributed by atoms with E-state index in [-0.39, 0.29) is 5.91 Å². The third kappa shape index (κ3) is 3.62. The fraction of sp³-hybridized carbons (Fsp3) is 0.375. The number of rotatable bonds is 4. The van der Waals surface area contributed by atoms with Gasteiger partial charge in [0.15, 0.2) is 0 Å². The smallest absolute Gasteiger partial charge is 0.261 e. The van der Waals surface area contributed by atoms with E-state index in [1.54, 1.807) is 17.8 Å². The molecule has 0 spiro atoms. The lowest BCUT2D eigenvalue weighted by atomic mass is 10.4. The molecule has 1 rings (SSSR count). The van der Waals surface area contributed by atoms with Gasteiger partial charge in [-0.3, -0.25) is 4.79 Å².